The van der Waals surface area contributed by atoms with E-state index < -0.39 is 254 Å². The first-order valence-electron chi connectivity index (χ1n) is 23.9. The molecule has 37 nitrogen and oxygen atoms in total. The molecule has 0 bridgehead atoms. The number of nitrogens with one attached hydrogen (secondary N) is 3. The number of rotatable bonds is 31. The molecule has 78 heavy (non-hydrogen) atoms. The Morgan fingerprint density at radius 1 is 0.410 bits per heavy atom. The van der Waals surface area contributed by atoms with Crippen LogP contribution in [0.5, 0.6) is 0 Å². The molecule has 0 aliphatic carbocycles. The molecular weight excluding hydrogens is 1080 g/mol. The van der Waals surface area contributed by atoms with E-state index in [2.05, 4.69) is 16.0 Å². The molecule has 3 amide bonds. The first-order chi connectivity index (χ1) is 36.6. The number of aliphatic hydroxyl groups is 24. The van der Waals surface area contributed by atoms with Crippen molar-refractivity contribution < 1.29 is 165 Å². The predicted molar refractivity (Wildman–Crippen MR) is 242 cm³/mol. The van der Waals surface area contributed by atoms with Gasteiger partial charge in [-0.2, -0.15) is 0 Å². The summed E-state index contributed by atoms with van der Waals surface area (Å²) in [4.78, 5) is 40.6. The van der Waals surface area contributed by atoms with Crippen LogP contribution in [-0.2, 0) is 42.8 Å². The molecule has 3 aliphatic heterocycles. The Balaban J connectivity index is 1.93. The fourth-order valence-corrected chi connectivity index (χ4v) is 8.06. The second-order valence-electron chi connectivity index (χ2n) is 18.8. The second-order valence-corrected chi connectivity index (χ2v) is 18.8. The van der Waals surface area contributed by atoms with Gasteiger partial charge in [-0.1, -0.05) is 0 Å². The first kappa shape index (κ1) is 69.4. The normalized spacial score (nSPS) is 35.3. The molecule has 3 saturated heterocycles. The number of aliphatic hydroxyl groups excluding tert-OH is 24. The topological polar surface area (TPSA) is 654 Å². The number of carbonyl (C=O) groups is 3. The van der Waals surface area contributed by atoms with Crippen LogP contribution in [0.1, 0.15) is 0 Å². The van der Waals surface area contributed by atoms with E-state index in [1.54, 1.807) is 0 Å². The minimum atomic E-state index is -2.74. The van der Waals surface area contributed by atoms with Gasteiger partial charge in [0.05, 0.1) is 39.6 Å². The van der Waals surface area contributed by atoms with Crippen molar-refractivity contribution in [2.75, 3.05) is 65.8 Å². The lowest BCUT2D eigenvalue weighted by Crippen LogP contribution is -2.63. The quantitative estimate of drug-likeness (QED) is 0.0306. The van der Waals surface area contributed by atoms with Crippen molar-refractivity contribution in [3.05, 3.63) is 0 Å². The van der Waals surface area contributed by atoms with E-state index in [9.17, 15) is 137 Å². The zero-order valence-corrected chi connectivity index (χ0v) is 41.1. The molecule has 0 radical (unpaired) electrons. The molecular formula is C41H76N4O33. The Kier molecular flexibility index (Phi) is 28.1. The van der Waals surface area contributed by atoms with Crippen molar-refractivity contribution in [1.29, 1.82) is 0 Å². The van der Waals surface area contributed by atoms with E-state index in [1.807, 2.05) is 0 Å². The fraction of sp³-hybridized carbons (Fsp3) is 0.927. The molecule has 0 aromatic heterocycles. The summed E-state index contributed by atoms with van der Waals surface area (Å²) < 4.78 is 31.4. The van der Waals surface area contributed by atoms with Gasteiger partial charge in [-0.3, -0.25) is 14.4 Å². The van der Waals surface area contributed by atoms with Crippen molar-refractivity contribution in [3.8, 4) is 0 Å². The molecule has 27 atom stereocenters. The third-order valence-corrected chi connectivity index (χ3v) is 13.3. The van der Waals surface area contributed by atoms with Crippen molar-refractivity contribution in [1.82, 2.24) is 16.0 Å². The summed E-state index contributed by atoms with van der Waals surface area (Å²) in [6.07, 6.45) is -59.4. The zero-order valence-electron chi connectivity index (χ0n) is 41.1. The van der Waals surface area contributed by atoms with Crippen LogP contribution >= 0.6 is 0 Å². The van der Waals surface area contributed by atoms with E-state index in [1.165, 1.54) is 0 Å². The molecule has 0 spiro atoms. The summed E-state index contributed by atoms with van der Waals surface area (Å²) in [6, 6.07) is 0. The molecule has 3 rings (SSSR count). The van der Waals surface area contributed by atoms with Gasteiger partial charge in [-0.15, -0.1) is 0 Å². The van der Waals surface area contributed by atoms with Gasteiger partial charge in [0, 0.05) is 31.6 Å². The highest BCUT2D eigenvalue weighted by Crippen LogP contribution is 2.29. The lowest BCUT2D eigenvalue weighted by atomic mass is 9.86. The summed E-state index contributed by atoms with van der Waals surface area (Å²) in [5.74, 6) is -4.89. The van der Waals surface area contributed by atoms with Crippen molar-refractivity contribution in [3.63, 3.8) is 0 Å². The molecule has 3 aliphatic rings. The van der Waals surface area contributed by atoms with Gasteiger partial charge in [0.1, 0.15) is 128 Å². The Hall–Kier alpha value is -2.83. The molecule has 0 saturated carbocycles. The van der Waals surface area contributed by atoms with Crippen LogP contribution in [0.25, 0.3) is 0 Å². The SMILES string of the molecule is NCC(CNC(=O)C(O)C(O)C(OC1OC(CO)C(O)C(O)C1O)C(O)CO)(CNC(=O)C(O)C(O)C(OC1OC(CO)C(O)C(O)C1O)C(O)CO)CNC(=O)C(O)C(O)C(OC1OC(CO)C(O)C(O)C1O)C(O)CO. The van der Waals surface area contributed by atoms with E-state index >= 15 is 0 Å². The summed E-state index contributed by atoms with van der Waals surface area (Å²) in [5, 5.41) is 254. The second kappa shape index (κ2) is 31.6. The summed E-state index contributed by atoms with van der Waals surface area (Å²) >= 11 is 0. The Morgan fingerprint density at radius 3 is 0.833 bits per heavy atom. The van der Waals surface area contributed by atoms with E-state index in [0.29, 0.717) is 0 Å². The van der Waals surface area contributed by atoms with Gasteiger partial charge in [-0.25, -0.2) is 0 Å². The maximum Gasteiger partial charge on any atom is 0.251 e. The van der Waals surface area contributed by atoms with E-state index in [4.69, 9.17) is 34.2 Å². The molecule has 29 N–H and O–H groups in total. The van der Waals surface area contributed by atoms with Crippen molar-refractivity contribution in [2.24, 2.45) is 11.1 Å². The third-order valence-electron chi connectivity index (χ3n) is 13.3. The van der Waals surface area contributed by atoms with Gasteiger partial charge in [0.15, 0.2) is 37.2 Å². The van der Waals surface area contributed by atoms with Crippen LogP contribution in [0.15, 0.2) is 0 Å². The lowest BCUT2D eigenvalue weighted by molar-refractivity contribution is -0.326. The van der Waals surface area contributed by atoms with Crippen molar-refractivity contribution in [2.45, 2.75) is 165 Å². The fourth-order valence-electron chi connectivity index (χ4n) is 8.06. The number of hydrogen-bond acceptors (Lipinski definition) is 34. The maximum absolute atomic E-state index is 13.5. The van der Waals surface area contributed by atoms with Gasteiger partial charge >= 0.3 is 0 Å². The van der Waals surface area contributed by atoms with Crippen LogP contribution in [0, 0.1) is 5.41 Å². The average Bonchev–Trinajstić information content (AvgIpc) is 3.44. The summed E-state index contributed by atoms with van der Waals surface area (Å²) in [6.45, 7) is -10.6. The number of ether oxygens (including phenoxy) is 6. The minimum Gasteiger partial charge on any atom is -0.394 e. The standard InChI is InChI=1S/C41H76N4O33/c42-7-41(8-43-35(70)26(64)23(61)32(11(52)1-46)76-38-29(67)20(58)17(55)14(4-49)73-38,9-44-36(71)27(65)24(62)33(12(53)2-47)77-39-30(68)21(59)18(56)15(5-50)74-39)10-45-37(72)28(66)25(63)34(13(54)3-48)78-40-31(69)22(60)19(57)16(6-51)75-40/h11-34,38-40,46-69H,1-10,42H2,(H,43,70)(H,44,71)(H,45,72). The molecule has 37 heteroatoms. The largest absolute Gasteiger partial charge is 0.394 e. The van der Waals surface area contributed by atoms with Crippen LogP contribution in [0.2, 0.25) is 0 Å². The summed E-state index contributed by atoms with van der Waals surface area (Å²) in [5.41, 5.74) is 3.96. The molecule has 3 fully saturated rings. The van der Waals surface area contributed by atoms with Gasteiger partial charge in [-0.05, 0) is 0 Å². The van der Waals surface area contributed by atoms with Gasteiger partial charge in [0.25, 0.3) is 17.7 Å². The zero-order chi connectivity index (χ0) is 59.3. The number of nitrogens with two attached hydrogens (primary N) is 1. The molecule has 0 aromatic rings. The monoisotopic (exact) mass is 1150 g/mol. The number of amides is 3. The highest BCUT2D eigenvalue weighted by atomic mass is 16.7. The smallest absolute Gasteiger partial charge is 0.251 e. The Morgan fingerprint density at radius 2 is 0.641 bits per heavy atom. The minimum absolute atomic E-state index is 0.839. The average molecular weight is 1150 g/mol. The molecule has 458 valence electrons. The number of carbonyl (C=O) groups excluding carboxylic acids is 3. The van der Waals surface area contributed by atoms with E-state index in [-0.39, 0.29) is 0 Å². The van der Waals surface area contributed by atoms with Crippen molar-refractivity contribution >= 4 is 17.7 Å². The highest BCUT2D eigenvalue weighted by Gasteiger charge is 2.51. The first-order valence-corrected chi connectivity index (χ1v) is 23.9. The summed E-state index contributed by atoms with van der Waals surface area (Å²) in [7, 11) is 0. The predicted octanol–water partition coefficient (Wildman–Crippen LogP) is -18.9. The van der Waals surface area contributed by atoms with E-state index in [0.717, 1.165) is 0 Å². The van der Waals surface area contributed by atoms with Crippen LogP contribution in [-0.4, -0.2) is 371 Å². The van der Waals surface area contributed by atoms with Gasteiger partial charge < -0.3 is 173 Å². The highest BCUT2D eigenvalue weighted by molar-refractivity contribution is 5.83. The van der Waals surface area contributed by atoms with Crippen LogP contribution in [0.3, 0.4) is 0 Å². The maximum atomic E-state index is 13.5. The van der Waals surface area contributed by atoms with Gasteiger partial charge in [0.2, 0.25) is 0 Å². The Bertz CT molecular complexity index is 1610. The van der Waals surface area contributed by atoms with Crippen LogP contribution < -0.4 is 21.7 Å². The molecule has 3 heterocycles. The third kappa shape index (κ3) is 16.9. The lowest BCUT2D eigenvalue weighted by Gasteiger charge is -2.42. The number of hydrogen-bond donors (Lipinski definition) is 28. The Labute approximate surface area is 441 Å². The molecule has 0 aromatic carbocycles. The van der Waals surface area contributed by atoms with Crippen LogP contribution in [0.4, 0.5) is 0 Å². The molecule has 27 unspecified atom stereocenters.